The number of alkyl halides is 1. The van der Waals surface area contributed by atoms with E-state index in [9.17, 15) is 8.42 Å². The minimum atomic E-state index is -3.19. The monoisotopic (exact) mass is 313 g/mol. The molecule has 0 aromatic heterocycles. The maximum absolute atomic E-state index is 12.6. The lowest BCUT2D eigenvalue weighted by atomic mass is 10.2. The predicted octanol–water partition coefficient (Wildman–Crippen LogP) is 3.13. The van der Waals surface area contributed by atoms with Crippen LogP contribution in [0.3, 0.4) is 0 Å². The van der Waals surface area contributed by atoms with Crippen molar-refractivity contribution in [3.8, 4) is 0 Å². The molecule has 3 nitrogen and oxygen atoms in total. The van der Waals surface area contributed by atoms with Crippen molar-refractivity contribution in [2.24, 2.45) is 5.92 Å². The normalized spacial score (nSPS) is 19.5. The van der Waals surface area contributed by atoms with Crippen LogP contribution in [0.1, 0.15) is 36.8 Å². The largest absolute Gasteiger partial charge is 0.218 e. The number of rotatable bonds is 7. The van der Waals surface area contributed by atoms with Crippen LogP contribution in [0.4, 0.5) is 0 Å². The van der Waals surface area contributed by atoms with Crippen molar-refractivity contribution in [2.75, 3.05) is 6.54 Å². The maximum atomic E-state index is 12.6. The molecule has 1 aromatic rings. The molecule has 3 rings (SSSR count). The molecule has 0 radical (unpaired) electrons. The van der Waals surface area contributed by atoms with E-state index in [2.05, 4.69) is 0 Å². The van der Waals surface area contributed by atoms with E-state index in [0.717, 1.165) is 30.5 Å². The zero-order valence-electron chi connectivity index (χ0n) is 11.5. The number of sulfonamides is 1. The Morgan fingerprint density at radius 1 is 1.05 bits per heavy atom. The van der Waals surface area contributed by atoms with E-state index >= 15 is 0 Å². The van der Waals surface area contributed by atoms with Gasteiger partial charge in [-0.3, -0.25) is 0 Å². The summed E-state index contributed by atoms with van der Waals surface area (Å²) in [7, 11) is -3.19. The molecular formula is C15H20ClNO2S. The van der Waals surface area contributed by atoms with Crippen molar-refractivity contribution in [1.82, 2.24) is 4.31 Å². The lowest BCUT2D eigenvalue weighted by Crippen LogP contribution is -2.35. The number of benzene rings is 1. The molecule has 1 aromatic carbocycles. The molecule has 0 atom stereocenters. The van der Waals surface area contributed by atoms with Gasteiger partial charge in [-0.05, 0) is 42.7 Å². The Kier molecular flexibility index (Phi) is 4.07. The molecule has 2 aliphatic carbocycles. The summed E-state index contributed by atoms with van der Waals surface area (Å²) in [6.45, 7) is 0.729. The van der Waals surface area contributed by atoms with Gasteiger partial charge in [-0.1, -0.05) is 24.3 Å². The molecule has 0 aliphatic heterocycles. The molecular weight excluding hydrogens is 294 g/mol. The molecule has 0 spiro atoms. The van der Waals surface area contributed by atoms with E-state index in [1.165, 1.54) is 12.8 Å². The zero-order valence-corrected chi connectivity index (χ0v) is 13.0. The molecule has 5 heteroatoms. The van der Waals surface area contributed by atoms with Gasteiger partial charge in [0.05, 0.1) is 5.75 Å². The van der Waals surface area contributed by atoms with Crippen molar-refractivity contribution in [3.05, 3.63) is 35.4 Å². The van der Waals surface area contributed by atoms with Crippen LogP contribution in [-0.4, -0.2) is 25.3 Å². The summed E-state index contributed by atoms with van der Waals surface area (Å²) in [5.74, 6) is 1.17. The molecule has 0 unspecified atom stereocenters. The lowest BCUT2D eigenvalue weighted by molar-refractivity contribution is 0.388. The predicted molar refractivity (Wildman–Crippen MR) is 81.1 cm³/mol. The van der Waals surface area contributed by atoms with Gasteiger partial charge >= 0.3 is 0 Å². The first-order valence-electron chi connectivity index (χ1n) is 7.22. The first-order valence-corrected chi connectivity index (χ1v) is 9.36. The van der Waals surface area contributed by atoms with Gasteiger partial charge in [-0.15, -0.1) is 11.6 Å². The average molecular weight is 314 g/mol. The Morgan fingerprint density at radius 3 is 2.15 bits per heavy atom. The first-order chi connectivity index (χ1) is 9.58. The summed E-state index contributed by atoms with van der Waals surface area (Å²) in [4.78, 5) is 0. The van der Waals surface area contributed by atoms with Gasteiger partial charge in [0.25, 0.3) is 0 Å². The van der Waals surface area contributed by atoms with Gasteiger partial charge in [0.15, 0.2) is 0 Å². The summed E-state index contributed by atoms with van der Waals surface area (Å²) < 4.78 is 27.0. The second-order valence-electron chi connectivity index (χ2n) is 5.95. The van der Waals surface area contributed by atoms with Crippen LogP contribution in [0.2, 0.25) is 0 Å². The van der Waals surface area contributed by atoms with Crippen molar-refractivity contribution in [2.45, 2.75) is 43.4 Å². The molecule has 110 valence electrons. The standard InChI is InChI=1S/C15H20ClNO2S/c16-9-12-1-5-14(6-2-12)11-20(18,19)17(15-7-8-15)10-13-3-4-13/h1-2,5-6,13,15H,3-4,7-11H2. The second kappa shape index (κ2) is 5.66. The van der Waals surface area contributed by atoms with Crippen LogP contribution in [0.5, 0.6) is 0 Å². The quantitative estimate of drug-likeness (QED) is 0.725. The fourth-order valence-corrected chi connectivity index (χ4v) is 4.49. The third-order valence-electron chi connectivity index (χ3n) is 3.97. The third kappa shape index (κ3) is 3.54. The van der Waals surface area contributed by atoms with Crippen molar-refractivity contribution in [3.63, 3.8) is 0 Å². The highest BCUT2D eigenvalue weighted by Crippen LogP contribution is 2.37. The smallest absolute Gasteiger partial charge is 0.212 e. The highest BCUT2D eigenvalue weighted by Gasteiger charge is 2.40. The number of nitrogens with zero attached hydrogens (tertiary/aromatic N) is 1. The van der Waals surface area contributed by atoms with E-state index in [1.807, 2.05) is 24.3 Å². The average Bonchev–Trinajstić information content (AvgIpc) is 3.28. The van der Waals surface area contributed by atoms with Gasteiger partial charge in [0.1, 0.15) is 0 Å². The minimum absolute atomic E-state index is 0.110. The van der Waals surface area contributed by atoms with Crippen molar-refractivity contribution < 1.29 is 8.42 Å². The highest BCUT2D eigenvalue weighted by atomic mass is 35.5. The van der Waals surface area contributed by atoms with Gasteiger partial charge in [-0.2, -0.15) is 4.31 Å². The van der Waals surface area contributed by atoms with Crippen LogP contribution in [-0.2, 0) is 21.7 Å². The Hall–Kier alpha value is -0.580. The number of hydrogen-bond donors (Lipinski definition) is 0. The number of halogens is 1. The number of hydrogen-bond acceptors (Lipinski definition) is 2. The summed E-state index contributed by atoms with van der Waals surface area (Å²) >= 11 is 5.75. The van der Waals surface area contributed by atoms with E-state index < -0.39 is 10.0 Å². The molecule has 2 saturated carbocycles. The molecule has 2 fully saturated rings. The fourth-order valence-electron chi connectivity index (χ4n) is 2.43. The summed E-state index contributed by atoms with van der Waals surface area (Å²) in [6, 6.07) is 7.82. The van der Waals surface area contributed by atoms with Gasteiger partial charge in [0.2, 0.25) is 10.0 Å². The summed E-state index contributed by atoms with van der Waals surface area (Å²) in [6.07, 6.45) is 4.42. The van der Waals surface area contributed by atoms with Crippen LogP contribution >= 0.6 is 11.6 Å². The van der Waals surface area contributed by atoms with Gasteiger partial charge < -0.3 is 0 Å². The van der Waals surface area contributed by atoms with Crippen molar-refractivity contribution >= 4 is 21.6 Å². The van der Waals surface area contributed by atoms with Gasteiger partial charge in [-0.25, -0.2) is 8.42 Å². The highest BCUT2D eigenvalue weighted by molar-refractivity contribution is 7.88. The molecule has 0 N–H and O–H groups in total. The van der Waals surface area contributed by atoms with E-state index in [1.54, 1.807) is 4.31 Å². The van der Waals surface area contributed by atoms with Crippen LogP contribution in [0, 0.1) is 5.92 Å². The molecule has 0 bridgehead atoms. The van der Waals surface area contributed by atoms with Crippen molar-refractivity contribution in [1.29, 1.82) is 0 Å². The van der Waals surface area contributed by atoms with Crippen LogP contribution in [0.25, 0.3) is 0 Å². The Bertz CT molecular complexity index is 562. The van der Waals surface area contributed by atoms with Gasteiger partial charge in [0, 0.05) is 18.5 Å². The van der Waals surface area contributed by atoms with E-state index in [-0.39, 0.29) is 11.8 Å². The van der Waals surface area contributed by atoms with E-state index in [4.69, 9.17) is 11.6 Å². The summed E-state index contributed by atoms with van der Waals surface area (Å²) in [5, 5.41) is 0. The molecule has 0 amide bonds. The fraction of sp³-hybridized carbons (Fsp3) is 0.600. The lowest BCUT2D eigenvalue weighted by Gasteiger charge is -2.21. The topological polar surface area (TPSA) is 37.4 Å². The van der Waals surface area contributed by atoms with Crippen LogP contribution < -0.4 is 0 Å². The second-order valence-corrected chi connectivity index (χ2v) is 8.14. The van der Waals surface area contributed by atoms with Crippen LogP contribution in [0.15, 0.2) is 24.3 Å². The SMILES string of the molecule is O=S(=O)(Cc1ccc(CCl)cc1)N(CC1CC1)C1CC1. The molecule has 2 aliphatic rings. The molecule has 20 heavy (non-hydrogen) atoms. The zero-order chi connectivity index (χ0) is 14.2. The third-order valence-corrected chi connectivity index (χ3v) is 6.14. The molecule has 0 heterocycles. The molecule has 0 saturated heterocycles. The summed E-state index contributed by atoms with van der Waals surface area (Å²) in [5.41, 5.74) is 1.87. The first kappa shape index (κ1) is 14.4. The maximum Gasteiger partial charge on any atom is 0.218 e. The van der Waals surface area contributed by atoms with E-state index in [0.29, 0.717) is 11.8 Å². The Balaban J connectivity index is 1.71. The Morgan fingerprint density at radius 2 is 1.65 bits per heavy atom. The Labute approximate surface area is 126 Å². The minimum Gasteiger partial charge on any atom is -0.212 e.